The van der Waals surface area contributed by atoms with E-state index in [1.165, 1.54) is 0 Å². The maximum Gasteiger partial charge on any atom is 0.307 e. The topological polar surface area (TPSA) is 61.1 Å². The first-order chi connectivity index (χ1) is 8.46. The molecule has 1 aliphatic carbocycles. The maximum absolute atomic E-state index is 11.0. The van der Waals surface area contributed by atoms with Crippen molar-refractivity contribution in [2.45, 2.75) is 13.8 Å². The predicted octanol–water partition coefficient (Wildman–Crippen LogP) is 2.93. The Kier molecular flexibility index (Phi) is 2.96. The Labute approximate surface area is 106 Å². The average Bonchev–Trinajstić information content (AvgIpc) is 2.89. The van der Waals surface area contributed by atoms with Gasteiger partial charge in [-0.3, -0.25) is 4.79 Å². The lowest BCUT2D eigenvalue weighted by Gasteiger charge is -1.97. The predicted molar refractivity (Wildman–Crippen MR) is 68.6 cm³/mol. The summed E-state index contributed by atoms with van der Waals surface area (Å²) in [7, 11) is 0. The lowest BCUT2D eigenvalue weighted by molar-refractivity contribution is -0.139. The van der Waals surface area contributed by atoms with E-state index < -0.39 is 5.97 Å². The zero-order chi connectivity index (χ0) is 13.3. The van der Waals surface area contributed by atoms with Gasteiger partial charge >= 0.3 is 5.97 Å². The van der Waals surface area contributed by atoms with Crippen LogP contribution < -0.4 is 0 Å². The van der Waals surface area contributed by atoms with E-state index in [-0.39, 0.29) is 17.3 Å². The molecule has 1 aliphatic rings. The molecule has 3 nitrogen and oxygen atoms in total. The van der Waals surface area contributed by atoms with Crippen LogP contribution in [-0.2, 0) is 4.79 Å². The molecule has 0 amide bonds. The van der Waals surface area contributed by atoms with E-state index in [9.17, 15) is 4.79 Å². The third kappa shape index (κ3) is 2.14. The third-order valence-corrected chi connectivity index (χ3v) is 3.69. The SMILES string of the molecule is CC1(C)C(/C=C/c2cccc(C#N)c2)C1C(=O)O. The summed E-state index contributed by atoms with van der Waals surface area (Å²) >= 11 is 0. The molecule has 0 bridgehead atoms. The summed E-state index contributed by atoms with van der Waals surface area (Å²) < 4.78 is 0. The van der Waals surface area contributed by atoms with Crippen LogP contribution in [0.1, 0.15) is 25.0 Å². The second-order valence-electron chi connectivity index (χ2n) is 5.26. The van der Waals surface area contributed by atoms with Gasteiger partial charge in [-0.1, -0.05) is 38.1 Å². The third-order valence-electron chi connectivity index (χ3n) is 3.69. The van der Waals surface area contributed by atoms with Crippen molar-refractivity contribution in [1.29, 1.82) is 5.26 Å². The van der Waals surface area contributed by atoms with Crippen LogP contribution in [0.3, 0.4) is 0 Å². The zero-order valence-corrected chi connectivity index (χ0v) is 10.4. The van der Waals surface area contributed by atoms with Gasteiger partial charge in [0.05, 0.1) is 17.6 Å². The summed E-state index contributed by atoms with van der Waals surface area (Å²) in [5.41, 5.74) is 1.37. The standard InChI is InChI=1S/C15H15NO2/c1-15(2)12(13(15)14(17)18)7-6-10-4-3-5-11(8-10)9-16/h3-8,12-13H,1-2H3,(H,17,18)/b7-6+. The van der Waals surface area contributed by atoms with Crippen molar-refractivity contribution >= 4 is 12.0 Å². The Morgan fingerprint density at radius 2 is 2.22 bits per heavy atom. The lowest BCUT2D eigenvalue weighted by atomic mass is 10.1. The van der Waals surface area contributed by atoms with Gasteiger partial charge in [0, 0.05) is 0 Å². The molecular formula is C15H15NO2. The Hall–Kier alpha value is -2.08. The van der Waals surface area contributed by atoms with E-state index in [0.717, 1.165) is 5.56 Å². The van der Waals surface area contributed by atoms with Crippen molar-refractivity contribution in [3.8, 4) is 6.07 Å². The fourth-order valence-electron chi connectivity index (χ4n) is 2.44. The quantitative estimate of drug-likeness (QED) is 0.885. The van der Waals surface area contributed by atoms with Gasteiger partial charge in [0.2, 0.25) is 0 Å². The van der Waals surface area contributed by atoms with Gasteiger partial charge in [0.1, 0.15) is 0 Å². The van der Waals surface area contributed by atoms with Crippen molar-refractivity contribution in [1.82, 2.24) is 0 Å². The van der Waals surface area contributed by atoms with Gasteiger partial charge in [0.15, 0.2) is 0 Å². The number of hydrogen-bond donors (Lipinski definition) is 1. The van der Waals surface area contributed by atoms with Crippen LogP contribution in [0.5, 0.6) is 0 Å². The van der Waals surface area contributed by atoms with Crippen LogP contribution >= 0.6 is 0 Å². The first-order valence-corrected chi connectivity index (χ1v) is 5.88. The van der Waals surface area contributed by atoms with Crippen LogP contribution in [0, 0.1) is 28.6 Å². The van der Waals surface area contributed by atoms with Gasteiger partial charge in [-0.2, -0.15) is 5.26 Å². The number of carbonyl (C=O) groups is 1. The molecule has 92 valence electrons. The van der Waals surface area contributed by atoms with E-state index in [1.54, 1.807) is 12.1 Å². The molecule has 1 N–H and O–H groups in total. The van der Waals surface area contributed by atoms with E-state index in [4.69, 9.17) is 10.4 Å². The van der Waals surface area contributed by atoms with Gasteiger partial charge in [-0.15, -0.1) is 0 Å². The normalized spacial score (nSPS) is 24.7. The monoisotopic (exact) mass is 241 g/mol. The number of allylic oxidation sites excluding steroid dienone is 1. The summed E-state index contributed by atoms with van der Waals surface area (Å²) in [5, 5.41) is 17.9. The highest BCUT2D eigenvalue weighted by Crippen LogP contribution is 2.59. The number of nitriles is 1. The fraction of sp³-hybridized carbons (Fsp3) is 0.333. The second-order valence-corrected chi connectivity index (χ2v) is 5.26. The van der Waals surface area contributed by atoms with Crippen molar-refractivity contribution in [2.24, 2.45) is 17.3 Å². The highest BCUT2D eigenvalue weighted by atomic mass is 16.4. The van der Waals surface area contributed by atoms with Crippen LogP contribution in [-0.4, -0.2) is 11.1 Å². The number of carboxylic acids is 1. The minimum atomic E-state index is -0.736. The van der Waals surface area contributed by atoms with E-state index in [0.29, 0.717) is 5.56 Å². The number of aliphatic carboxylic acids is 1. The Morgan fingerprint density at radius 3 is 2.78 bits per heavy atom. The lowest BCUT2D eigenvalue weighted by Crippen LogP contribution is -2.02. The molecule has 2 unspecified atom stereocenters. The van der Waals surface area contributed by atoms with E-state index >= 15 is 0 Å². The van der Waals surface area contributed by atoms with Gasteiger partial charge in [0.25, 0.3) is 0 Å². The molecule has 2 rings (SSSR count). The van der Waals surface area contributed by atoms with Crippen molar-refractivity contribution in [2.75, 3.05) is 0 Å². The molecule has 0 spiro atoms. The van der Waals surface area contributed by atoms with E-state index in [2.05, 4.69) is 6.07 Å². The Bertz CT molecular complexity index is 552. The highest BCUT2D eigenvalue weighted by molar-refractivity contribution is 5.76. The molecule has 1 fully saturated rings. The largest absolute Gasteiger partial charge is 0.481 e. The first kappa shape index (κ1) is 12.4. The van der Waals surface area contributed by atoms with Crippen molar-refractivity contribution < 1.29 is 9.90 Å². The Balaban J connectivity index is 2.13. The summed E-state index contributed by atoms with van der Waals surface area (Å²) in [6.07, 6.45) is 3.84. The van der Waals surface area contributed by atoms with Crippen LogP contribution in [0.4, 0.5) is 0 Å². The summed E-state index contributed by atoms with van der Waals surface area (Å²) in [4.78, 5) is 11.0. The molecule has 18 heavy (non-hydrogen) atoms. The summed E-state index contributed by atoms with van der Waals surface area (Å²) in [5.74, 6) is -0.964. The van der Waals surface area contributed by atoms with Gasteiger partial charge in [-0.25, -0.2) is 0 Å². The molecule has 0 radical (unpaired) electrons. The molecular weight excluding hydrogens is 226 g/mol. The summed E-state index contributed by atoms with van der Waals surface area (Å²) in [6.45, 7) is 3.93. The first-order valence-electron chi connectivity index (χ1n) is 5.88. The number of hydrogen-bond acceptors (Lipinski definition) is 2. The molecule has 0 saturated heterocycles. The minimum absolute atomic E-state index is 0.0701. The molecule has 1 saturated carbocycles. The number of benzene rings is 1. The zero-order valence-electron chi connectivity index (χ0n) is 10.4. The van der Waals surface area contributed by atoms with Crippen LogP contribution in [0.25, 0.3) is 6.08 Å². The molecule has 1 aromatic rings. The van der Waals surface area contributed by atoms with Gasteiger partial charge in [-0.05, 0) is 29.0 Å². The molecule has 0 heterocycles. The van der Waals surface area contributed by atoms with Crippen LogP contribution in [0.2, 0.25) is 0 Å². The molecule has 0 aromatic heterocycles. The van der Waals surface area contributed by atoms with Crippen LogP contribution in [0.15, 0.2) is 30.3 Å². The maximum atomic E-state index is 11.0. The van der Waals surface area contributed by atoms with Crippen molar-refractivity contribution in [3.63, 3.8) is 0 Å². The second kappa shape index (κ2) is 4.30. The average molecular weight is 241 g/mol. The molecule has 2 atom stereocenters. The van der Waals surface area contributed by atoms with E-state index in [1.807, 2.05) is 38.1 Å². The minimum Gasteiger partial charge on any atom is -0.481 e. The van der Waals surface area contributed by atoms with Gasteiger partial charge < -0.3 is 5.11 Å². The smallest absolute Gasteiger partial charge is 0.307 e. The molecule has 1 aromatic carbocycles. The highest BCUT2D eigenvalue weighted by Gasteiger charge is 2.60. The van der Waals surface area contributed by atoms with Crippen molar-refractivity contribution in [3.05, 3.63) is 41.5 Å². The Morgan fingerprint density at radius 1 is 1.50 bits per heavy atom. The number of nitrogens with zero attached hydrogens (tertiary/aromatic N) is 1. The number of carboxylic acid groups (broad SMARTS) is 1. The molecule has 3 heteroatoms. The summed E-state index contributed by atoms with van der Waals surface area (Å²) in [6, 6.07) is 9.36. The fourth-order valence-corrected chi connectivity index (χ4v) is 2.44. The molecule has 0 aliphatic heterocycles. The number of rotatable bonds is 3.